The Kier molecular flexibility index (Phi) is 6.97. The molecule has 1 saturated heterocycles. The van der Waals surface area contributed by atoms with E-state index in [2.05, 4.69) is 27.7 Å². The van der Waals surface area contributed by atoms with Crippen molar-refractivity contribution in [3.63, 3.8) is 0 Å². The fraction of sp³-hybridized carbons (Fsp3) is 0.280. The molecule has 1 fully saturated rings. The quantitative estimate of drug-likeness (QED) is 0.564. The van der Waals surface area contributed by atoms with Gasteiger partial charge in [-0.25, -0.2) is 4.39 Å². The Morgan fingerprint density at radius 3 is 2.69 bits per heavy atom. The largest absolute Gasteiger partial charge is 0.347 e. The maximum absolute atomic E-state index is 13.4. The van der Waals surface area contributed by atoms with E-state index in [0.717, 1.165) is 38.0 Å². The van der Waals surface area contributed by atoms with Crippen LogP contribution < -0.4 is 10.6 Å². The summed E-state index contributed by atoms with van der Waals surface area (Å²) in [6, 6.07) is 17.7. The minimum Gasteiger partial charge on any atom is -0.347 e. The van der Waals surface area contributed by atoms with Gasteiger partial charge in [0.25, 0.3) is 11.8 Å². The molecule has 0 bridgehead atoms. The van der Waals surface area contributed by atoms with Gasteiger partial charge in [0.2, 0.25) is 0 Å². The van der Waals surface area contributed by atoms with Crippen LogP contribution in [-0.4, -0.2) is 35.8 Å². The van der Waals surface area contributed by atoms with E-state index in [1.54, 1.807) is 12.1 Å². The topological polar surface area (TPSA) is 61.4 Å². The van der Waals surface area contributed by atoms with Crippen LogP contribution in [0.3, 0.4) is 0 Å². The molecule has 0 saturated carbocycles. The van der Waals surface area contributed by atoms with Gasteiger partial charge >= 0.3 is 0 Å². The first-order valence-electron chi connectivity index (χ1n) is 10.7. The Hall–Kier alpha value is -3.03. The highest BCUT2D eigenvalue weighted by molar-refractivity contribution is 7.18. The lowest BCUT2D eigenvalue weighted by Crippen LogP contribution is -2.47. The molecule has 0 spiro atoms. The van der Waals surface area contributed by atoms with Gasteiger partial charge in [-0.1, -0.05) is 36.4 Å². The summed E-state index contributed by atoms with van der Waals surface area (Å²) in [4.78, 5) is 28.3. The summed E-state index contributed by atoms with van der Waals surface area (Å²) in [7, 11) is 0. The van der Waals surface area contributed by atoms with E-state index in [1.165, 1.54) is 35.1 Å². The van der Waals surface area contributed by atoms with Gasteiger partial charge in [-0.05, 0) is 61.7 Å². The number of piperidine rings is 1. The highest BCUT2D eigenvalue weighted by Gasteiger charge is 2.24. The number of hydrogen-bond acceptors (Lipinski definition) is 4. The monoisotopic (exact) mass is 451 g/mol. The summed E-state index contributed by atoms with van der Waals surface area (Å²) < 4.78 is 13.4. The van der Waals surface area contributed by atoms with Crippen LogP contribution in [0, 0.1) is 12.7 Å². The number of amides is 2. The summed E-state index contributed by atoms with van der Waals surface area (Å²) in [6.07, 6.45) is 1.99. The van der Waals surface area contributed by atoms with Crippen LogP contribution in [0.15, 0.2) is 60.7 Å². The second kappa shape index (κ2) is 10.1. The number of anilines is 1. The lowest BCUT2D eigenvalue weighted by molar-refractivity contribution is 0.0903. The lowest BCUT2D eigenvalue weighted by atomic mass is 10.0. The third kappa shape index (κ3) is 5.60. The molecule has 2 amide bonds. The minimum atomic E-state index is -0.464. The van der Waals surface area contributed by atoms with Gasteiger partial charge in [0.1, 0.15) is 5.82 Å². The number of likely N-dealkylation sites (tertiary alicyclic amines) is 1. The summed E-state index contributed by atoms with van der Waals surface area (Å²) >= 11 is 1.24. The standard InChI is InChI=1S/C25H26FN3O2S/c1-17-13-22(28-24(30)19-9-5-10-20(26)14-19)32-23(17)25(31)27-21-11-6-12-29(16-21)15-18-7-3-2-4-8-18/h2-5,7-10,13-14,21H,6,11-12,15-16H2,1H3,(H,27,31)(H,28,30). The Balaban J connectivity index is 1.36. The number of nitrogens with zero attached hydrogens (tertiary/aromatic N) is 1. The predicted octanol–water partition coefficient (Wildman–Crippen LogP) is 4.84. The Morgan fingerprint density at radius 2 is 1.91 bits per heavy atom. The van der Waals surface area contributed by atoms with Gasteiger partial charge in [-0.15, -0.1) is 11.3 Å². The van der Waals surface area contributed by atoms with Crippen molar-refractivity contribution in [1.29, 1.82) is 0 Å². The van der Waals surface area contributed by atoms with Crippen LogP contribution in [0.2, 0.25) is 0 Å². The molecule has 4 rings (SSSR count). The molecular formula is C25H26FN3O2S. The number of rotatable bonds is 6. The fourth-order valence-corrected chi connectivity index (χ4v) is 4.96. The van der Waals surface area contributed by atoms with Gasteiger partial charge < -0.3 is 10.6 Å². The molecule has 0 aliphatic carbocycles. The maximum Gasteiger partial charge on any atom is 0.261 e. The van der Waals surface area contributed by atoms with Crippen LogP contribution in [0.5, 0.6) is 0 Å². The molecule has 0 radical (unpaired) electrons. The predicted molar refractivity (Wildman–Crippen MR) is 126 cm³/mol. The number of halogens is 1. The zero-order valence-corrected chi connectivity index (χ0v) is 18.8. The number of hydrogen-bond donors (Lipinski definition) is 2. The first kappa shape index (κ1) is 22.2. The molecule has 32 heavy (non-hydrogen) atoms. The average Bonchev–Trinajstić information content (AvgIpc) is 3.15. The molecule has 5 nitrogen and oxygen atoms in total. The third-order valence-corrected chi connectivity index (χ3v) is 6.69. The van der Waals surface area contributed by atoms with Gasteiger partial charge in [0.15, 0.2) is 0 Å². The number of carbonyl (C=O) groups is 2. The Bertz CT molecular complexity index is 1100. The molecular weight excluding hydrogens is 425 g/mol. The van der Waals surface area contributed by atoms with Gasteiger partial charge in [-0.2, -0.15) is 0 Å². The molecule has 2 N–H and O–H groups in total. The zero-order valence-electron chi connectivity index (χ0n) is 17.9. The highest BCUT2D eigenvalue weighted by atomic mass is 32.1. The number of aryl methyl sites for hydroxylation is 1. The molecule has 1 aliphatic rings. The Labute approximate surface area is 191 Å². The molecule has 1 aliphatic heterocycles. The molecule has 2 heterocycles. The molecule has 1 aromatic heterocycles. The van der Waals surface area contributed by atoms with Crippen LogP contribution in [0.25, 0.3) is 0 Å². The summed E-state index contributed by atoms with van der Waals surface area (Å²) in [6.45, 7) is 4.57. The van der Waals surface area contributed by atoms with Crippen LogP contribution in [0.4, 0.5) is 9.39 Å². The first-order valence-corrected chi connectivity index (χ1v) is 11.5. The lowest BCUT2D eigenvalue weighted by Gasteiger charge is -2.33. The summed E-state index contributed by atoms with van der Waals surface area (Å²) in [5.41, 5.74) is 2.31. The van der Waals surface area contributed by atoms with Gasteiger partial charge in [-0.3, -0.25) is 14.5 Å². The summed E-state index contributed by atoms with van der Waals surface area (Å²) in [5.74, 6) is -0.985. The van der Waals surface area contributed by atoms with Gasteiger partial charge in [0.05, 0.1) is 9.88 Å². The minimum absolute atomic E-state index is 0.0896. The summed E-state index contributed by atoms with van der Waals surface area (Å²) in [5, 5.41) is 6.50. The van der Waals surface area contributed by atoms with Crippen molar-refractivity contribution in [3.8, 4) is 0 Å². The molecule has 166 valence electrons. The first-order chi connectivity index (χ1) is 15.5. The van der Waals surface area contributed by atoms with E-state index in [4.69, 9.17) is 0 Å². The van der Waals surface area contributed by atoms with Crippen molar-refractivity contribution in [1.82, 2.24) is 10.2 Å². The maximum atomic E-state index is 13.4. The smallest absolute Gasteiger partial charge is 0.261 e. The number of thiophene rings is 1. The third-order valence-electron chi connectivity index (χ3n) is 5.54. The zero-order chi connectivity index (χ0) is 22.5. The molecule has 1 atom stereocenters. The Morgan fingerprint density at radius 1 is 1.09 bits per heavy atom. The molecule has 7 heteroatoms. The van der Waals surface area contributed by atoms with E-state index in [9.17, 15) is 14.0 Å². The van der Waals surface area contributed by atoms with E-state index in [1.807, 2.05) is 25.1 Å². The van der Waals surface area contributed by atoms with E-state index < -0.39 is 11.7 Å². The van der Waals surface area contributed by atoms with Crippen LogP contribution in [-0.2, 0) is 6.54 Å². The number of benzene rings is 2. The van der Waals surface area contributed by atoms with Crippen LogP contribution in [0.1, 0.15) is 44.0 Å². The molecule has 2 aromatic carbocycles. The van der Waals surface area contributed by atoms with Crippen molar-refractivity contribution >= 4 is 28.2 Å². The number of carbonyl (C=O) groups excluding carboxylic acids is 2. The number of nitrogens with one attached hydrogen (secondary N) is 2. The second-order valence-corrected chi connectivity index (χ2v) is 9.17. The second-order valence-electron chi connectivity index (χ2n) is 8.12. The van der Waals surface area contributed by atoms with Crippen molar-refractivity contribution in [2.24, 2.45) is 0 Å². The van der Waals surface area contributed by atoms with E-state index in [0.29, 0.717) is 9.88 Å². The average molecular weight is 452 g/mol. The molecule has 3 aromatic rings. The normalized spacial score (nSPS) is 16.5. The van der Waals surface area contributed by atoms with Crippen molar-refractivity contribution < 1.29 is 14.0 Å². The van der Waals surface area contributed by atoms with E-state index in [-0.39, 0.29) is 17.5 Å². The van der Waals surface area contributed by atoms with E-state index >= 15 is 0 Å². The fourth-order valence-electron chi connectivity index (χ4n) is 3.99. The van der Waals surface area contributed by atoms with Crippen molar-refractivity contribution in [2.75, 3.05) is 18.4 Å². The van der Waals surface area contributed by atoms with Crippen LogP contribution >= 0.6 is 11.3 Å². The highest BCUT2D eigenvalue weighted by Crippen LogP contribution is 2.27. The van der Waals surface area contributed by atoms with Crippen molar-refractivity contribution in [3.05, 3.63) is 88.0 Å². The molecule has 1 unspecified atom stereocenters. The van der Waals surface area contributed by atoms with Crippen molar-refractivity contribution in [2.45, 2.75) is 32.4 Å². The van der Waals surface area contributed by atoms with Gasteiger partial charge in [0, 0.05) is 24.7 Å². The SMILES string of the molecule is Cc1cc(NC(=O)c2cccc(F)c2)sc1C(=O)NC1CCCN(Cc2ccccc2)C1.